The molecule has 0 aromatic heterocycles. The van der Waals surface area contributed by atoms with Crippen LogP contribution in [0.3, 0.4) is 0 Å². The Hall–Kier alpha value is -0.0400. The molecule has 106 valence electrons. The maximum Gasteiger partial charge on any atom is 0.241 e. The number of hydrogen-bond donors (Lipinski definition) is 1. The van der Waals surface area contributed by atoms with E-state index in [4.69, 9.17) is 0 Å². The summed E-state index contributed by atoms with van der Waals surface area (Å²) in [7, 11) is -3.43. The second-order valence-electron chi connectivity index (χ2n) is 4.84. The Balaban J connectivity index is 2.25. The summed E-state index contributed by atoms with van der Waals surface area (Å²) in [6, 6.07) is 5.40. The minimum Gasteiger partial charge on any atom is -0.207 e. The average Bonchev–Trinajstić information content (AvgIpc) is 2.78. The fourth-order valence-corrected chi connectivity index (χ4v) is 5.58. The zero-order valence-corrected chi connectivity index (χ0v) is 14.2. The topological polar surface area (TPSA) is 46.2 Å². The molecule has 1 fully saturated rings. The molecule has 2 unspecified atom stereocenters. The van der Waals surface area contributed by atoms with E-state index >= 15 is 0 Å². The Kier molecular flexibility index (Phi) is 4.98. The van der Waals surface area contributed by atoms with E-state index in [-0.39, 0.29) is 6.04 Å². The summed E-state index contributed by atoms with van der Waals surface area (Å²) in [5, 5.41) is 0.391. The predicted octanol–water partition coefficient (Wildman–Crippen LogP) is 3.32. The SMILES string of the molecule is CSC1CCCC1NS(=O)(=O)c1cc(Br)ccc1C. The Morgan fingerprint density at radius 2 is 2.11 bits per heavy atom. The normalized spacial score (nSPS) is 23.7. The molecular weight excluding hydrogens is 346 g/mol. The van der Waals surface area contributed by atoms with Crippen molar-refractivity contribution >= 4 is 37.7 Å². The first kappa shape index (κ1) is 15.4. The number of hydrogen-bond acceptors (Lipinski definition) is 3. The highest BCUT2D eigenvalue weighted by molar-refractivity contribution is 9.10. The quantitative estimate of drug-likeness (QED) is 0.892. The van der Waals surface area contributed by atoms with Crippen molar-refractivity contribution in [2.45, 2.75) is 42.4 Å². The summed E-state index contributed by atoms with van der Waals surface area (Å²) < 4.78 is 28.6. The van der Waals surface area contributed by atoms with Gasteiger partial charge in [0, 0.05) is 15.8 Å². The number of benzene rings is 1. The molecule has 1 aromatic rings. The van der Waals surface area contributed by atoms with Crippen LogP contribution < -0.4 is 4.72 Å². The summed E-state index contributed by atoms with van der Waals surface area (Å²) in [6.07, 6.45) is 5.15. The van der Waals surface area contributed by atoms with Crippen molar-refractivity contribution in [3.05, 3.63) is 28.2 Å². The van der Waals surface area contributed by atoms with Gasteiger partial charge in [0.1, 0.15) is 0 Å². The first-order chi connectivity index (χ1) is 8.94. The van der Waals surface area contributed by atoms with Crippen molar-refractivity contribution in [3.63, 3.8) is 0 Å². The standard InChI is InChI=1S/C13H18BrNO2S2/c1-9-6-7-10(14)8-13(9)19(16,17)15-11-4-3-5-12(11)18-2/h6-8,11-12,15H,3-5H2,1-2H3. The Labute approximate surface area is 127 Å². The predicted molar refractivity (Wildman–Crippen MR) is 84.1 cm³/mol. The van der Waals surface area contributed by atoms with Crippen LogP contribution in [0.15, 0.2) is 27.6 Å². The van der Waals surface area contributed by atoms with Crippen LogP contribution in [-0.4, -0.2) is 26.0 Å². The van der Waals surface area contributed by atoms with Crippen LogP contribution in [0.2, 0.25) is 0 Å². The second kappa shape index (κ2) is 6.16. The molecule has 1 saturated carbocycles. The number of thioether (sulfide) groups is 1. The van der Waals surface area contributed by atoms with Crippen molar-refractivity contribution in [3.8, 4) is 0 Å². The monoisotopic (exact) mass is 363 g/mol. The van der Waals surface area contributed by atoms with Crippen molar-refractivity contribution in [1.82, 2.24) is 4.72 Å². The van der Waals surface area contributed by atoms with Crippen LogP contribution >= 0.6 is 27.7 Å². The number of nitrogens with one attached hydrogen (secondary N) is 1. The highest BCUT2D eigenvalue weighted by Gasteiger charge is 2.31. The van der Waals surface area contributed by atoms with E-state index < -0.39 is 10.0 Å². The maximum atomic E-state index is 12.5. The highest BCUT2D eigenvalue weighted by atomic mass is 79.9. The molecule has 1 N–H and O–H groups in total. The Bertz CT molecular complexity index is 560. The molecule has 19 heavy (non-hydrogen) atoms. The van der Waals surface area contributed by atoms with Crippen LogP contribution in [0, 0.1) is 6.92 Å². The molecule has 0 spiro atoms. The van der Waals surface area contributed by atoms with E-state index in [9.17, 15) is 8.42 Å². The van der Waals surface area contributed by atoms with E-state index in [2.05, 4.69) is 20.7 Å². The summed E-state index contributed by atoms with van der Waals surface area (Å²) in [5.74, 6) is 0. The average molecular weight is 364 g/mol. The van der Waals surface area contributed by atoms with E-state index in [1.165, 1.54) is 0 Å². The van der Waals surface area contributed by atoms with Gasteiger partial charge in [-0.1, -0.05) is 28.4 Å². The number of sulfonamides is 1. The zero-order chi connectivity index (χ0) is 14.0. The minimum atomic E-state index is -3.43. The van der Waals surface area contributed by atoms with E-state index in [0.717, 1.165) is 29.3 Å². The highest BCUT2D eigenvalue weighted by Crippen LogP contribution is 2.30. The summed E-state index contributed by atoms with van der Waals surface area (Å²) in [5.41, 5.74) is 0.773. The van der Waals surface area contributed by atoms with Gasteiger partial charge >= 0.3 is 0 Å². The third kappa shape index (κ3) is 3.54. The Morgan fingerprint density at radius 1 is 1.37 bits per heavy atom. The fraction of sp³-hybridized carbons (Fsp3) is 0.538. The lowest BCUT2D eigenvalue weighted by Crippen LogP contribution is -2.38. The van der Waals surface area contributed by atoms with Crippen LogP contribution in [0.5, 0.6) is 0 Å². The van der Waals surface area contributed by atoms with Crippen molar-refractivity contribution in [2.75, 3.05) is 6.26 Å². The molecule has 1 aromatic carbocycles. The molecule has 0 amide bonds. The fourth-order valence-electron chi connectivity index (χ4n) is 2.47. The number of aryl methyl sites for hydroxylation is 1. The molecule has 0 saturated heterocycles. The van der Waals surface area contributed by atoms with Crippen LogP contribution in [0.4, 0.5) is 0 Å². The molecule has 2 atom stereocenters. The lowest BCUT2D eigenvalue weighted by Gasteiger charge is -2.20. The third-order valence-electron chi connectivity index (χ3n) is 3.50. The molecule has 2 rings (SSSR count). The van der Waals surface area contributed by atoms with Crippen LogP contribution in [0.25, 0.3) is 0 Å². The summed E-state index contributed by atoms with van der Waals surface area (Å²) in [6.45, 7) is 1.82. The van der Waals surface area contributed by atoms with Crippen LogP contribution in [0.1, 0.15) is 24.8 Å². The van der Waals surface area contributed by atoms with Gasteiger partial charge in [-0.05, 0) is 43.7 Å². The van der Waals surface area contributed by atoms with Crippen molar-refractivity contribution in [1.29, 1.82) is 0 Å². The van der Waals surface area contributed by atoms with E-state index in [1.54, 1.807) is 17.8 Å². The molecule has 6 heteroatoms. The molecule has 1 aliphatic rings. The van der Waals surface area contributed by atoms with E-state index in [1.807, 2.05) is 25.3 Å². The maximum absolute atomic E-state index is 12.5. The van der Waals surface area contributed by atoms with Crippen molar-refractivity contribution in [2.24, 2.45) is 0 Å². The molecule has 0 aliphatic heterocycles. The Morgan fingerprint density at radius 3 is 2.79 bits per heavy atom. The first-order valence-corrected chi connectivity index (χ1v) is 9.82. The first-order valence-electron chi connectivity index (χ1n) is 6.25. The van der Waals surface area contributed by atoms with Gasteiger partial charge in [-0.15, -0.1) is 0 Å². The summed E-state index contributed by atoms with van der Waals surface area (Å²) >= 11 is 5.08. The molecule has 3 nitrogen and oxygen atoms in total. The third-order valence-corrected chi connectivity index (χ3v) is 6.80. The molecule has 0 heterocycles. The summed E-state index contributed by atoms with van der Waals surface area (Å²) in [4.78, 5) is 0.369. The molecule has 0 radical (unpaired) electrons. The van der Waals surface area contributed by atoms with E-state index in [0.29, 0.717) is 10.1 Å². The smallest absolute Gasteiger partial charge is 0.207 e. The van der Waals surface area contributed by atoms with Gasteiger partial charge in [0.05, 0.1) is 4.90 Å². The number of halogens is 1. The van der Waals surface area contributed by atoms with Crippen LogP contribution in [-0.2, 0) is 10.0 Å². The second-order valence-corrected chi connectivity index (χ2v) is 8.52. The lowest BCUT2D eigenvalue weighted by atomic mass is 10.2. The largest absolute Gasteiger partial charge is 0.241 e. The lowest BCUT2D eigenvalue weighted by molar-refractivity contribution is 0.554. The van der Waals surface area contributed by atoms with Gasteiger partial charge in [-0.25, -0.2) is 13.1 Å². The number of rotatable bonds is 4. The van der Waals surface area contributed by atoms with Gasteiger partial charge in [0.25, 0.3) is 0 Å². The minimum absolute atomic E-state index is 0.0541. The molecular formula is C13H18BrNO2S2. The van der Waals surface area contributed by atoms with Gasteiger partial charge in [-0.3, -0.25) is 0 Å². The van der Waals surface area contributed by atoms with Gasteiger partial charge in [0.15, 0.2) is 0 Å². The molecule has 1 aliphatic carbocycles. The zero-order valence-electron chi connectivity index (χ0n) is 11.0. The molecule has 0 bridgehead atoms. The van der Waals surface area contributed by atoms with Gasteiger partial charge < -0.3 is 0 Å². The van der Waals surface area contributed by atoms with Gasteiger partial charge in [-0.2, -0.15) is 11.8 Å². The van der Waals surface area contributed by atoms with Crippen molar-refractivity contribution < 1.29 is 8.42 Å². The van der Waals surface area contributed by atoms with Gasteiger partial charge in [0.2, 0.25) is 10.0 Å².